The molecule has 1 aromatic heterocycles. The molecule has 31 heavy (non-hydrogen) atoms. The molecule has 6 nitrogen and oxygen atoms in total. The molecule has 0 amide bonds. The van der Waals surface area contributed by atoms with Crippen molar-refractivity contribution in [3.63, 3.8) is 0 Å². The molecule has 0 aliphatic carbocycles. The van der Waals surface area contributed by atoms with Gasteiger partial charge in [0.2, 0.25) is 5.88 Å². The summed E-state index contributed by atoms with van der Waals surface area (Å²) in [7, 11) is 3.05. The Labute approximate surface area is 180 Å². The van der Waals surface area contributed by atoms with E-state index < -0.39 is 5.97 Å². The zero-order valence-corrected chi connectivity index (χ0v) is 17.5. The Hall–Kier alpha value is -4.06. The summed E-state index contributed by atoms with van der Waals surface area (Å²) in [5, 5.41) is 4.70. The molecule has 0 N–H and O–H groups in total. The van der Waals surface area contributed by atoms with Crippen molar-refractivity contribution in [2.45, 2.75) is 6.92 Å². The first-order chi connectivity index (χ1) is 15.1. The number of aryl methyl sites for hydroxylation is 1. The number of rotatable bonds is 6. The summed E-state index contributed by atoms with van der Waals surface area (Å²) in [6, 6.07) is 24.3. The third-order valence-electron chi connectivity index (χ3n) is 4.82. The highest BCUT2D eigenvalue weighted by atomic mass is 16.5. The minimum Gasteiger partial charge on any atom is -0.497 e. The van der Waals surface area contributed by atoms with E-state index in [1.54, 1.807) is 36.1 Å². The number of methoxy groups -OCH3 is 2. The van der Waals surface area contributed by atoms with Gasteiger partial charge in [-0.2, -0.15) is 9.78 Å². The zero-order chi connectivity index (χ0) is 21.8. The van der Waals surface area contributed by atoms with Gasteiger partial charge in [-0.3, -0.25) is 0 Å². The van der Waals surface area contributed by atoms with E-state index in [0.29, 0.717) is 28.6 Å². The van der Waals surface area contributed by atoms with Crippen LogP contribution in [0, 0.1) is 6.92 Å². The maximum atomic E-state index is 13.0. The number of benzene rings is 3. The van der Waals surface area contributed by atoms with Crippen LogP contribution in [0.15, 0.2) is 78.9 Å². The Balaban J connectivity index is 1.75. The van der Waals surface area contributed by atoms with Crippen LogP contribution in [0.25, 0.3) is 16.9 Å². The molecule has 156 valence electrons. The number of carbonyl (C=O) groups excluding carboxylic acids is 1. The Morgan fingerprint density at radius 2 is 1.68 bits per heavy atom. The highest BCUT2D eigenvalue weighted by molar-refractivity contribution is 5.94. The molecule has 0 atom stereocenters. The fourth-order valence-corrected chi connectivity index (χ4v) is 3.25. The van der Waals surface area contributed by atoms with E-state index in [1.807, 2.05) is 61.5 Å². The topological polar surface area (TPSA) is 62.6 Å². The third kappa shape index (κ3) is 4.28. The van der Waals surface area contributed by atoms with Crippen molar-refractivity contribution < 1.29 is 19.0 Å². The van der Waals surface area contributed by atoms with Gasteiger partial charge < -0.3 is 14.2 Å². The van der Waals surface area contributed by atoms with Crippen molar-refractivity contribution in [1.82, 2.24) is 9.78 Å². The van der Waals surface area contributed by atoms with Crippen LogP contribution in [0.5, 0.6) is 17.4 Å². The Kier molecular flexibility index (Phi) is 5.71. The van der Waals surface area contributed by atoms with E-state index in [2.05, 4.69) is 0 Å². The maximum absolute atomic E-state index is 13.0. The lowest BCUT2D eigenvalue weighted by molar-refractivity contribution is 0.0719. The van der Waals surface area contributed by atoms with E-state index >= 15 is 0 Å². The smallest absolute Gasteiger partial charge is 0.348 e. The molecule has 0 radical (unpaired) electrons. The van der Waals surface area contributed by atoms with Gasteiger partial charge >= 0.3 is 5.97 Å². The Morgan fingerprint density at radius 1 is 0.871 bits per heavy atom. The number of nitrogens with zero attached hydrogens (tertiary/aromatic N) is 2. The zero-order valence-electron chi connectivity index (χ0n) is 17.5. The predicted molar refractivity (Wildman–Crippen MR) is 118 cm³/mol. The van der Waals surface area contributed by atoms with Crippen LogP contribution in [-0.2, 0) is 0 Å². The van der Waals surface area contributed by atoms with Gasteiger partial charge in [0.15, 0.2) is 0 Å². The maximum Gasteiger partial charge on any atom is 0.348 e. The van der Waals surface area contributed by atoms with Crippen molar-refractivity contribution in [3.05, 3.63) is 90.0 Å². The summed E-state index contributed by atoms with van der Waals surface area (Å²) < 4.78 is 18.0. The molecular weight excluding hydrogens is 392 g/mol. The van der Waals surface area contributed by atoms with Gasteiger partial charge in [-0.25, -0.2) is 4.79 Å². The second kappa shape index (κ2) is 8.75. The summed E-state index contributed by atoms with van der Waals surface area (Å²) in [6.07, 6.45) is 0. The number of carbonyl (C=O) groups is 1. The van der Waals surface area contributed by atoms with Gasteiger partial charge in [0, 0.05) is 17.7 Å². The van der Waals surface area contributed by atoms with E-state index in [9.17, 15) is 4.79 Å². The molecule has 0 saturated heterocycles. The van der Waals surface area contributed by atoms with Gasteiger partial charge in [0.05, 0.1) is 25.6 Å². The molecule has 0 spiro atoms. The van der Waals surface area contributed by atoms with Crippen molar-refractivity contribution in [2.75, 3.05) is 14.2 Å². The van der Waals surface area contributed by atoms with Crippen LogP contribution in [0.2, 0.25) is 0 Å². The highest BCUT2D eigenvalue weighted by Gasteiger charge is 2.20. The number of ether oxygens (including phenoxy) is 3. The molecule has 0 unspecified atom stereocenters. The van der Waals surface area contributed by atoms with E-state index in [4.69, 9.17) is 19.3 Å². The first kappa shape index (κ1) is 20.2. The quantitative estimate of drug-likeness (QED) is 0.412. The summed E-state index contributed by atoms with van der Waals surface area (Å²) in [5.74, 6) is 0.721. The van der Waals surface area contributed by atoms with Crippen LogP contribution < -0.4 is 14.2 Å². The molecule has 6 heteroatoms. The molecule has 0 aliphatic heterocycles. The largest absolute Gasteiger partial charge is 0.497 e. The highest BCUT2D eigenvalue weighted by Crippen LogP contribution is 2.29. The summed E-state index contributed by atoms with van der Waals surface area (Å²) in [5.41, 5.74) is 3.79. The van der Waals surface area contributed by atoms with Crippen LogP contribution in [0.3, 0.4) is 0 Å². The molecule has 1 heterocycles. The van der Waals surface area contributed by atoms with Gasteiger partial charge in [0.25, 0.3) is 0 Å². The molecular formula is C25H22N2O4. The van der Waals surface area contributed by atoms with Crippen molar-refractivity contribution in [2.24, 2.45) is 0 Å². The van der Waals surface area contributed by atoms with Gasteiger partial charge in [-0.05, 0) is 36.8 Å². The Bertz CT molecular complexity index is 1220. The third-order valence-corrected chi connectivity index (χ3v) is 4.82. The standard InChI is InChI=1S/C25H22N2O4/c1-17-8-7-11-19(14-17)27-24(16-22(26-27)18-9-5-4-6-10-18)31-25(28)21-13-12-20(29-2)15-23(21)30-3/h4-16H,1-3H3. The predicted octanol–water partition coefficient (Wildman–Crippen LogP) is 5.08. The molecule has 0 fully saturated rings. The van der Waals surface area contributed by atoms with E-state index in [-0.39, 0.29) is 0 Å². The molecule has 0 saturated carbocycles. The fraction of sp³-hybridized carbons (Fsp3) is 0.120. The minimum atomic E-state index is -0.548. The second-order valence-electron chi connectivity index (χ2n) is 6.94. The minimum absolute atomic E-state index is 0.293. The van der Waals surface area contributed by atoms with Gasteiger partial charge in [-0.15, -0.1) is 0 Å². The number of esters is 1. The number of hydrogen-bond acceptors (Lipinski definition) is 5. The lowest BCUT2D eigenvalue weighted by atomic mass is 10.1. The van der Waals surface area contributed by atoms with Crippen LogP contribution in [0.4, 0.5) is 0 Å². The van der Waals surface area contributed by atoms with Gasteiger partial charge in [0.1, 0.15) is 17.1 Å². The number of aromatic nitrogens is 2. The van der Waals surface area contributed by atoms with Crippen LogP contribution in [0.1, 0.15) is 15.9 Å². The van der Waals surface area contributed by atoms with Crippen LogP contribution in [-0.4, -0.2) is 30.0 Å². The average Bonchev–Trinajstić information content (AvgIpc) is 3.23. The van der Waals surface area contributed by atoms with E-state index in [1.165, 1.54) is 7.11 Å². The molecule has 4 rings (SSSR count). The first-order valence-corrected chi connectivity index (χ1v) is 9.76. The van der Waals surface area contributed by atoms with E-state index in [0.717, 1.165) is 16.8 Å². The monoisotopic (exact) mass is 414 g/mol. The second-order valence-corrected chi connectivity index (χ2v) is 6.94. The normalized spacial score (nSPS) is 10.5. The lowest BCUT2D eigenvalue weighted by Crippen LogP contribution is -2.13. The molecule has 0 bridgehead atoms. The van der Waals surface area contributed by atoms with Crippen molar-refractivity contribution in [3.8, 4) is 34.3 Å². The summed E-state index contributed by atoms with van der Waals surface area (Å²) >= 11 is 0. The average molecular weight is 414 g/mol. The number of hydrogen-bond donors (Lipinski definition) is 0. The SMILES string of the molecule is COc1ccc(C(=O)Oc2cc(-c3ccccc3)nn2-c2cccc(C)c2)c(OC)c1. The van der Waals surface area contributed by atoms with Crippen molar-refractivity contribution >= 4 is 5.97 Å². The fourth-order valence-electron chi connectivity index (χ4n) is 3.25. The summed E-state index contributed by atoms with van der Waals surface area (Å²) in [6.45, 7) is 2.00. The molecule has 4 aromatic rings. The molecule has 3 aromatic carbocycles. The molecule has 0 aliphatic rings. The summed E-state index contributed by atoms with van der Waals surface area (Å²) in [4.78, 5) is 13.0. The van der Waals surface area contributed by atoms with Crippen molar-refractivity contribution in [1.29, 1.82) is 0 Å². The van der Waals surface area contributed by atoms with Gasteiger partial charge in [-0.1, -0.05) is 42.5 Å². The Morgan fingerprint density at radius 3 is 2.39 bits per heavy atom. The van der Waals surface area contributed by atoms with Crippen LogP contribution >= 0.6 is 0 Å². The lowest BCUT2D eigenvalue weighted by Gasteiger charge is -2.11. The first-order valence-electron chi connectivity index (χ1n) is 9.76.